The highest BCUT2D eigenvalue weighted by Crippen LogP contribution is 2.32. The number of amides is 1. The van der Waals surface area contributed by atoms with Gasteiger partial charge in [-0.05, 0) is 42.8 Å². The maximum Gasteiger partial charge on any atom is 0.251 e. The van der Waals surface area contributed by atoms with E-state index in [1.165, 1.54) is 18.2 Å². The Morgan fingerprint density at radius 3 is 2.74 bits per heavy atom. The van der Waals surface area contributed by atoms with Gasteiger partial charge in [-0.3, -0.25) is 9.59 Å². The third-order valence-electron chi connectivity index (χ3n) is 4.33. The zero-order valence-electron chi connectivity index (χ0n) is 14.4. The molecule has 4 rings (SSSR count). The minimum Gasteiger partial charge on any atom is -0.486 e. The SMILES string of the molecule is O=C(CCc1cc2cc(F)ccc2[nH]c1=O)Nc1ccc2c(c1)OCCO2. The van der Waals surface area contributed by atoms with E-state index in [0.29, 0.717) is 46.9 Å². The topological polar surface area (TPSA) is 80.4 Å². The number of H-pyrrole nitrogens is 1. The molecule has 1 aromatic heterocycles. The van der Waals surface area contributed by atoms with Crippen LogP contribution in [-0.4, -0.2) is 24.1 Å². The smallest absolute Gasteiger partial charge is 0.251 e. The van der Waals surface area contributed by atoms with Crippen LogP contribution in [0.25, 0.3) is 10.9 Å². The van der Waals surface area contributed by atoms with Crippen molar-refractivity contribution in [3.63, 3.8) is 0 Å². The number of anilines is 1. The van der Waals surface area contributed by atoms with Gasteiger partial charge in [0.1, 0.15) is 19.0 Å². The molecule has 0 saturated carbocycles. The van der Waals surface area contributed by atoms with Gasteiger partial charge in [-0.25, -0.2) is 4.39 Å². The first-order chi connectivity index (χ1) is 13.1. The molecule has 0 radical (unpaired) electrons. The maximum absolute atomic E-state index is 13.4. The van der Waals surface area contributed by atoms with Crippen LogP contribution in [-0.2, 0) is 11.2 Å². The molecule has 27 heavy (non-hydrogen) atoms. The fourth-order valence-electron chi connectivity index (χ4n) is 3.00. The van der Waals surface area contributed by atoms with E-state index in [1.54, 1.807) is 24.3 Å². The highest BCUT2D eigenvalue weighted by molar-refractivity contribution is 5.91. The predicted molar refractivity (Wildman–Crippen MR) is 98.9 cm³/mol. The Morgan fingerprint density at radius 1 is 1.07 bits per heavy atom. The largest absolute Gasteiger partial charge is 0.486 e. The normalized spacial score (nSPS) is 12.8. The van der Waals surface area contributed by atoms with E-state index in [0.717, 1.165) is 0 Å². The van der Waals surface area contributed by atoms with Crippen LogP contribution < -0.4 is 20.3 Å². The molecule has 3 aromatic rings. The summed E-state index contributed by atoms with van der Waals surface area (Å²) in [5.74, 6) is 0.628. The van der Waals surface area contributed by atoms with Gasteiger partial charge in [0, 0.05) is 34.6 Å². The van der Waals surface area contributed by atoms with Crippen molar-refractivity contribution >= 4 is 22.5 Å². The molecule has 0 saturated heterocycles. The molecule has 2 heterocycles. The van der Waals surface area contributed by atoms with Crippen LogP contribution in [0.4, 0.5) is 10.1 Å². The molecule has 0 unspecified atom stereocenters. The number of aromatic amines is 1. The summed E-state index contributed by atoms with van der Waals surface area (Å²) in [6, 6.07) is 11.0. The summed E-state index contributed by atoms with van der Waals surface area (Å²) in [5.41, 5.74) is 1.32. The number of nitrogens with one attached hydrogen (secondary N) is 2. The van der Waals surface area contributed by atoms with Crippen molar-refractivity contribution in [1.82, 2.24) is 4.98 Å². The van der Waals surface area contributed by atoms with E-state index in [-0.39, 0.29) is 30.1 Å². The van der Waals surface area contributed by atoms with Crippen molar-refractivity contribution in [3.05, 3.63) is 64.2 Å². The van der Waals surface area contributed by atoms with Crippen molar-refractivity contribution in [1.29, 1.82) is 0 Å². The lowest BCUT2D eigenvalue weighted by Gasteiger charge is -2.19. The van der Waals surface area contributed by atoms with Crippen LogP contribution in [0.1, 0.15) is 12.0 Å². The number of aryl methyl sites for hydroxylation is 1. The number of hydrogen-bond acceptors (Lipinski definition) is 4. The molecule has 0 spiro atoms. The van der Waals surface area contributed by atoms with Crippen molar-refractivity contribution < 1.29 is 18.7 Å². The number of hydrogen-bond donors (Lipinski definition) is 2. The Balaban J connectivity index is 1.44. The van der Waals surface area contributed by atoms with Crippen molar-refractivity contribution in [2.75, 3.05) is 18.5 Å². The lowest BCUT2D eigenvalue weighted by Crippen LogP contribution is -2.18. The molecule has 0 aliphatic carbocycles. The Kier molecular flexibility index (Phi) is 4.50. The van der Waals surface area contributed by atoms with Crippen LogP contribution in [0.2, 0.25) is 0 Å². The summed E-state index contributed by atoms with van der Waals surface area (Å²) in [7, 11) is 0. The zero-order chi connectivity index (χ0) is 18.8. The van der Waals surface area contributed by atoms with Gasteiger partial charge in [-0.2, -0.15) is 0 Å². The molecule has 0 atom stereocenters. The van der Waals surface area contributed by atoms with Gasteiger partial charge in [0.2, 0.25) is 5.91 Å². The van der Waals surface area contributed by atoms with E-state index in [4.69, 9.17) is 9.47 Å². The number of aromatic nitrogens is 1. The number of pyridine rings is 1. The molecule has 1 aliphatic rings. The number of carbonyl (C=O) groups excluding carboxylic acids is 1. The van der Waals surface area contributed by atoms with Gasteiger partial charge >= 0.3 is 0 Å². The van der Waals surface area contributed by atoms with Gasteiger partial charge in [0.05, 0.1) is 0 Å². The standard InChI is InChI=1S/C20H17FN2O4/c21-14-2-4-16-13(10-14)9-12(20(25)23-16)1-6-19(24)22-15-3-5-17-18(11-15)27-8-7-26-17/h2-5,9-11H,1,6-8H2,(H,22,24)(H,23,25). The fourth-order valence-corrected chi connectivity index (χ4v) is 3.00. The highest BCUT2D eigenvalue weighted by atomic mass is 19.1. The van der Waals surface area contributed by atoms with Gasteiger partial charge in [-0.1, -0.05) is 0 Å². The average Bonchev–Trinajstić information content (AvgIpc) is 2.66. The first-order valence-electron chi connectivity index (χ1n) is 8.59. The van der Waals surface area contributed by atoms with Crippen LogP contribution in [0, 0.1) is 5.82 Å². The molecule has 0 bridgehead atoms. The molecule has 0 fully saturated rings. The zero-order valence-corrected chi connectivity index (χ0v) is 14.4. The Hall–Kier alpha value is -3.35. The second-order valence-electron chi connectivity index (χ2n) is 6.26. The van der Waals surface area contributed by atoms with Crippen molar-refractivity contribution in [3.8, 4) is 11.5 Å². The Labute approximate surface area is 153 Å². The summed E-state index contributed by atoms with van der Waals surface area (Å²) < 4.78 is 24.3. The molecule has 1 amide bonds. The summed E-state index contributed by atoms with van der Waals surface area (Å²) in [6.45, 7) is 0.971. The van der Waals surface area contributed by atoms with E-state index >= 15 is 0 Å². The quantitative estimate of drug-likeness (QED) is 0.742. The van der Waals surface area contributed by atoms with Gasteiger partial charge < -0.3 is 19.8 Å². The minimum absolute atomic E-state index is 0.123. The van der Waals surface area contributed by atoms with E-state index in [1.807, 2.05) is 0 Å². The minimum atomic E-state index is -0.378. The first-order valence-corrected chi connectivity index (χ1v) is 8.59. The molecule has 2 aromatic carbocycles. The first kappa shape index (κ1) is 17.1. The molecule has 6 nitrogen and oxygen atoms in total. The Bertz CT molecular complexity index is 1080. The number of benzene rings is 2. The molecule has 1 aliphatic heterocycles. The summed E-state index contributed by atoms with van der Waals surface area (Å²) in [6.07, 6.45) is 0.372. The molecular weight excluding hydrogens is 351 g/mol. The summed E-state index contributed by atoms with van der Waals surface area (Å²) in [5, 5.41) is 3.38. The third kappa shape index (κ3) is 3.76. The number of fused-ring (bicyclic) bond motifs is 2. The van der Waals surface area contributed by atoms with E-state index in [9.17, 15) is 14.0 Å². The maximum atomic E-state index is 13.4. The number of ether oxygens (including phenoxy) is 2. The van der Waals surface area contributed by atoms with Crippen molar-refractivity contribution in [2.24, 2.45) is 0 Å². The lowest BCUT2D eigenvalue weighted by molar-refractivity contribution is -0.116. The van der Waals surface area contributed by atoms with E-state index < -0.39 is 0 Å². The van der Waals surface area contributed by atoms with E-state index in [2.05, 4.69) is 10.3 Å². The fraction of sp³-hybridized carbons (Fsp3) is 0.200. The van der Waals surface area contributed by atoms with Gasteiger partial charge in [0.25, 0.3) is 5.56 Å². The lowest BCUT2D eigenvalue weighted by atomic mass is 10.1. The van der Waals surface area contributed by atoms with Crippen LogP contribution in [0.5, 0.6) is 11.5 Å². The average molecular weight is 368 g/mol. The second kappa shape index (κ2) is 7.11. The van der Waals surface area contributed by atoms with Crippen LogP contribution >= 0.6 is 0 Å². The number of carbonyl (C=O) groups is 1. The highest BCUT2D eigenvalue weighted by Gasteiger charge is 2.13. The second-order valence-corrected chi connectivity index (χ2v) is 6.26. The van der Waals surface area contributed by atoms with Gasteiger partial charge in [-0.15, -0.1) is 0 Å². The third-order valence-corrected chi connectivity index (χ3v) is 4.33. The number of halogens is 1. The molecular formula is C20H17FN2O4. The van der Waals surface area contributed by atoms with Crippen LogP contribution in [0.15, 0.2) is 47.3 Å². The summed E-state index contributed by atoms with van der Waals surface area (Å²) >= 11 is 0. The monoisotopic (exact) mass is 368 g/mol. The van der Waals surface area contributed by atoms with Crippen molar-refractivity contribution in [2.45, 2.75) is 12.8 Å². The molecule has 7 heteroatoms. The Morgan fingerprint density at radius 2 is 1.89 bits per heavy atom. The predicted octanol–water partition coefficient (Wildman–Crippen LogP) is 3.01. The molecule has 2 N–H and O–H groups in total. The molecule has 138 valence electrons. The summed E-state index contributed by atoms with van der Waals surface area (Å²) in [4.78, 5) is 27.1. The van der Waals surface area contributed by atoms with Crippen LogP contribution in [0.3, 0.4) is 0 Å². The number of rotatable bonds is 4. The van der Waals surface area contributed by atoms with Gasteiger partial charge in [0.15, 0.2) is 11.5 Å².